The standard InChI is InChI=1S/C20H23ClN2O/c21-19-9-7-18(8-10-19)20(24)22-14-16-5-4-6-17(13-16)15-23-11-2-1-3-12-23/h4-10,13H,1-3,11-12,14-15H2,(H,22,24). The third kappa shape index (κ3) is 4.83. The van der Waals surface area contributed by atoms with Crippen LogP contribution >= 0.6 is 11.6 Å². The molecular weight excluding hydrogens is 320 g/mol. The summed E-state index contributed by atoms with van der Waals surface area (Å²) >= 11 is 5.85. The Labute approximate surface area is 148 Å². The predicted molar refractivity (Wildman–Crippen MR) is 98.2 cm³/mol. The highest BCUT2D eigenvalue weighted by Crippen LogP contribution is 2.14. The molecule has 0 atom stereocenters. The number of nitrogens with zero attached hydrogens (tertiary/aromatic N) is 1. The van der Waals surface area contributed by atoms with Gasteiger partial charge < -0.3 is 5.32 Å². The summed E-state index contributed by atoms with van der Waals surface area (Å²) < 4.78 is 0. The first-order valence-corrected chi connectivity index (χ1v) is 8.92. The first-order chi connectivity index (χ1) is 11.7. The molecule has 1 saturated heterocycles. The average molecular weight is 343 g/mol. The molecule has 0 radical (unpaired) electrons. The van der Waals surface area contributed by atoms with Gasteiger partial charge in [0.1, 0.15) is 0 Å². The Morgan fingerprint density at radius 3 is 2.46 bits per heavy atom. The van der Waals surface area contributed by atoms with Crippen molar-refractivity contribution in [2.45, 2.75) is 32.4 Å². The molecule has 0 unspecified atom stereocenters. The first kappa shape index (κ1) is 17.0. The molecule has 2 aromatic rings. The third-order valence-corrected chi connectivity index (χ3v) is 4.66. The minimum absolute atomic E-state index is 0.0758. The number of hydrogen-bond acceptors (Lipinski definition) is 2. The minimum Gasteiger partial charge on any atom is -0.348 e. The van der Waals surface area contributed by atoms with Crippen LogP contribution in [0.25, 0.3) is 0 Å². The lowest BCUT2D eigenvalue weighted by Crippen LogP contribution is -2.29. The summed E-state index contributed by atoms with van der Waals surface area (Å²) in [6.07, 6.45) is 3.96. The molecule has 0 aromatic heterocycles. The molecule has 3 nitrogen and oxygen atoms in total. The van der Waals surface area contributed by atoms with Gasteiger partial charge in [-0.3, -0.25) is 9.69 Å². The molecule has 2 aromatic carbocycles. The molecule has 0 aliphatic carbocycles. The number of amides is 1. The molecule has 0 spiro atoms. The van der Waals surface area contributed by atoms with Crippen LogP contribution in [0.3, 0.4) is 0 Å². The maximum Gasteiger partial charge on any atom is 0.251 e. The number of halogens is 1. The summed E-state index contributed by atoms with van der Waals surface area (Å²) in [5.74, 6) is -0.0758. The molecular formula is C20H23ClN2O. The summed E-state index contributed by atoms with van der Waals surface area (Å²) in [4.78, 5) is 14.7. The van der Waals surface area contributed by atoms with E-state index in [2.05, 4.69) is 34.5 Å². The van der Waals surface area contributed by atoms with Gasteiger partial charge in [-0.1, -0.05) is 42.3 Å². The van der Waals surface area contributed by atoms with Crippen LogP contribution < -0.4 is 5.32 Å². The van der Waals surface area contributed by atoms with E-state index in [9.17, 15) is 4.79 Å². The highest BCUT2D eigenvalue weighted by atomic mass is 35.5. The van der Waals surface area contributed by atoms with Crippen molar-refractivity contribution < 1.29 is 4.79 Å². The van der Waals surface area contributed by atoms with Gasteiger partial charge in [0.25, 0.3) is 5.91 Å². The zero-order valence-electron chi connectivity index (χ0n) is 13.8. The summed E-state index contributed by atoms with van der Waals surface area (Å²) in [6.45, 7) is 3.92. The smallest absolute Gasteiger partial charge is 0.251 e. The van der Waals surface area contributed by atoms with E-state index < -0.39 is 0 Å². The van der Waals surface area contributed by atoms with E-state index in [1.54, 1.807) is 24.3 Å². The van der Waals surface area contributed by atoms with Crippen LogP contribution in [0.15, 0.2) is 48.5 Å². The van der Waals surface area contributed by atoms with Crippen molar-refractivity contribution in [2.24, 2.45) is 0 Å². The van der Waals surface area contributed by atoms with Crippen LogP contribution in [0.1, 0.15) is 40.7 Å². The monoisotopic (exact) mass is 342 g/mol. The Hall–Kier alpha value is -1.84. The molecule has 0 saturated carbocycles. The topological polar surface area (TPSA) is 32.3 Å². The van der Waals surface area contributed by atoms with Crippen LogP contribution in [0.2, 0.25) is 5.02 Å². The summed E-state index contributed by atoms with van der Waals surface area (Å²) in [7, 11) is 0. The summed E-state index contributed by atoms with van der Waals surface area (Å²) in [5.41, 5.74) is 3.07. The van der Waals surface area contributed by atoms with Gasteiger partial charge in [0.15, 0.2) is 0 Å². The molecule has 1 aliphatic heterocycles. The lowest BCUT2D eigenvalue weighted by molar-refractivity contribution is 0.0951. The van der Waals surface area contributed by atoms with Crippen molar-refractivity contribution in [1.82, 2.24) is 10.2 Å². The van der Waals surface area contributed by atoms with Crippen molar-refractivity contribution in [3.63, 3.8) is 0 Å². The number of piperidine rings is 1. The number of benzene rings is 2. The molecule has 1 N–H and O–H groups in total. The van der Waals surface area contributed by atoms with Crippen LogP contribution in [-0.4, -0.2) is 23.9 Å². The quantitative estimate of drug-likeness (QED) is 0.880. The van der Waals surface area contributed by atoms with Gasteiger partial charge in [-0.2, -0.15) is 0 Å². The van der Waals surface area contributed by atoms with Crippen LogP contribution in [0.4, 0.5) is 0 Å². The summed E-state index contributed by atoms with van der Waals surface area (Å²) in [5, 5.41) is 3.61. The first-order valence-electron chi connectivity index (χ1n) is 8.55. The SMILES string of the molecule is O=C(NCc1cccc(CN2CCCCC2)c1)c1ccc(Cl)cc1. The van der Waals surface area contributed by atoms with Crippen LogP contribution in [-0.2, 0) is 13.1 Å². The molecule has 3 rings (SSSR count). The molecule has 4 heteroatoms. The van der Waals surface area contributed by atoms with Gasteiger partial charge in [-0.15, -0.1) is 0 Å². The van der Waals surface area contributed by atoms with Gasteiger partial charge in [0, 0.05) is 23.7 Å². The van der Waals surface area contributed by atoms with Gasteiger partial charge in [0.05, 0.1) is 0 Å². The van der Waals surface area contributed by atoms with Gasteiger partial charge >= 0.3 is 0 Å². The second kappa shape index (κ2) is 8.32. The van der Waals surface area contributed by atoms with E-state index in [-0.39, 0.29) is 5.91 Å². The zero-order valence-corrected chi connectivity index (χ0v) is 14.6. The predicted octanol–water partition coefficient (Wildman–Crippen LogP) is 4.26. The summed E-state index contributed by atoms with van der Waals surface area (Å²) in [6, 6.07) is 15.4. The normalized spacial score (nSPS) is 15.2. The fourth-order valence-electron chi connectivity index (χ4n) is 3.10. The molecule has 1 heterocycles. The lowest BCUT2D eigenvalue weighted by Gasteiger charge is -2.26. The van der Waals surface area contributed by atoms with E-state index in [1.807, 2.05) is 0 Å². The van der Waals surface area contributed by atoms with Crippen molar-refractivity contribution >= 4 is 17.5 Å². The van der Waals surface area contributed by atoms with Crippen LogP contribution in [0, 0.1) is 0 Å². The molecule has 24 heavy (non-hydrogen) atoms. The fraction of sp³-hybridized carbons (Fsp3) is 0.350. The molecule has 126 valence electrons. The second-order valence-electron chi connectivity index (χ2n) is 6.35. The maximum atomic E-state index is 12.2. The number of rotatable bonds is 5. The Morgan fingerprint density at radius 1 is 1.00 bits per heavy atom. The highest BCUT2D eigenvalue weighted by Gasteiger charge is 2.11. The Balaban J connectivity index is 1.56. The van der Waals surface area contributed by atoms with Crippen molar-refractivity contribution in [3.8, 4) is 0 Å². The highest BCUT2D eigenvalue weighted by molar-refractivity contribution is 6.30. The van der Waals surface area contributed by atoms with Gasteiger partial charge in [-0.25, -0.2) is 0 Å². The fourth-order valence-corrected chi connectivity index (χ4v) is 3.23. The number of likely N-dealkylation sites (tertiary alicyclic amines) is 1. The Morgan fingerprint density at radius 2 is 1.71 bits per heavy atom. The van der Waals surface area contributed by atoms with Crippen LogP contribution in [0.5, 0.6) is 0 Å². The van der Waals surface area contributed by atoms with E-state index in [0.717, 1.165) is 12.1 Å². The Bertz CT molecular complexity index is 678. The lowest BCUT2D eigenvalue weighted by atomic mass is 10.1. The van der Waals surface area contributed by atoms with E-state index in [4.69, 9.17) is 11.6 Å². The van der Waals surface area contributed by atoms with E-state index in [1.165, 1.54) is 37.9 Å². The van der Waals surface area contributed by atoms with Gasteiger partial charge in [-0.05, 0) is 61.3 Å². The third-order valence-electron chi connectivity index (χ3n) is 4.41. The molecule has 0 bridgehead atoms. The van der Waals surface area contributed by atoms with Crippen molar-refractivity contribution in [1.29, 1.82) is 0 Å². The number of carbonyl (C=O) groups excluding carboxylic acids is 1. The minimum atomic E-state index is -0.0758. The molecule has 1 aliphatic rings. The molecule has 1 fully saturated rings. The van der Waals surface area contributed by atoms with Crippen molar-refractivity contribution in [2.75, 3.05) is 13.1 Å². The largest absolute Gasteiger partial charge is 0.348 e. The number of carbonyl (C=O) groups is 1. The molecule has 1 amide bonds. The average Bonchev–Trinajstić information content (AvgIpc) is 2.61. The van der Waals surface area contributed by atoms with Gasteiger partial charge in [0.2, 0.25) is 0 Å². The number of nitrogens with one attached hydrogen (secondary N) is 1. The van der Waals surface area contributed by atoms with E-state index >= 15 is 0 Å². The number of hydrogen-bond donors (Lipinski definition) is 1. The Kier molecular flexibility index (Phi) is 5.89. The zero-order chi connectivity index (χ0) is 16.8. The maximum absolute atomic E-state index is 12.2. The van der Waals surface area contributed by atoms with E-state index in [0.29, 0.717) is 17.1 Å². The second-order valence-corrected chi connectivity index (χ2v) is 6.78. The van der Waals surface area contributed by atoms with Crippen molar-refractivity contribution in [3.05, 3.63) is 70.2 Å².